The lowest BCUT2D eigenvalue weighted by atomic mass is 9.78. The molecule has 0 spiro atoms. The Balaban J connectivity index is 1.92. The molecule has 9 atom stereocenters. The zero-order chi connectivity index (χ0) is 39.0. The number of aromatic hydroxyl groups is 2. The van der Waals surface area contributed by atoms with Gasteiger partial charge in [0.1, 0.15) is 17.6 Å². The molecule has 5 rings (SSSR count). The molecular weight excluding hydrogens is 672 g/mol. The number of anilines is 2. The van der Waals surface area contributed by atoms with Crippen LogP contribution in [0.4, 0.5) is 11.4 Å². The standard InChI is InChI=1S/C39H52N2O11/c1-18-13-12-14-19(2)38(48)40-25-17-26(41(9)10)28-29(34(25)46)33(45)23(6)36-30(28)37(47)39(8,52-36)50-16-15-27(49-11)20(3)35(51-24(7)42)22(5)32(44)21(4)31(18)43/h12-18,20-22,27,31-32,35,43-46H,1-11H3,(H,40,48). The number of fused-ring (bicyclic) bond motifs is 14. The van der Waals surface area contributed by atoms with Gasteiger partial charge in [-0.3, -0.25) is 14.4 Å². The van der Waals surface area contributed by atoms with Crippen molar-refractivity contribution >= 4 is 39.8 Å². The summed E-state index contributed by atoms with van der Waals surface area (Å²) in [6, 6.07) is 1.51. The summed E-state index contributed by atoms with van der Waals surface area (Å²) in [6.45, 7) is 12.8. The topological polar surface area (TPSA) is 184 Å². The van der Waals surface area contributed by atoms with Gasteiger partial charge >= 0.3 is 11.8 Å². The van der Waals surface area contributed by atoms with Crippen LogP contribution in [0, 0.1) is 30.6 Å². The average Bonchev–Trinajstić information content (AvgIpc) is 3.35. The summed E-state index contributed by atoms with van der Waals surface area (Å²) in [5.41, 5.74) is 0.926. The number of amides is 1. The Morgan fingerprint density at radius 3 is 2.21 bits per heavy atom. The highest BCUT2D eigenvalue weighted by atomic mass is 16.7. The molecular formula is C39H52N2O11. The number of methoxy groups -OCH3 is 1. The van der Waals surface area contributed by atoms with Crippen LogP contribution in [0.5, 0.6) is 17.2 Å². The zero-order valence-corrected chi connectivity index (χ0v) is 31.7. The number of rotatable bonds is 3. The highest BCUT2D eigenvalue weighted by Crippen LogP contribution is 2.53. The van der Waals surface area contributed by atoms with E-state index in [0.717, 1.165) is 0 Å². The van der Waals surface area contributed by atoms with Gasteiger partial charge in [0, 0.05) is 80.9 Å². The van der Waals surface area contributed by atoms with Crippen LogP contribution in [0.1, 0.15) is 64.4 Å². The Hall–Kier alpha value is -4.59. The fourth-order valence-electron chi connectivity index (χ4n) is 7.00. The molecule has 3 aliphatic rings. The molecule has 3 heterocycles. The van der Waals surface area contributed by atoms with E-state index in [2.05, 4.69) is 5.32 Å². The third-order valence-corrected chi connectivity index (χ3v) is 10.3. The predicted molar refractivity (Wildman–Crippen MR) is 196 cm³/mol. The number of nitrogens with one attached hydrogen (secondary N) is 1. The first-order valence-electron chi connectivity index (χ1n) is 17.3. The number of aliphatic hydroxyl groups is 2. The molecule has 0 radical (unpaired) electrons. The largest absolute Gasteiger partial charge is 0.507 e. The minimum atomic E-state index is -1.90. The van der Waals surface area contributed by atoms with Crippen molar-refractivity contribution in [3.63, 3.8) is 0 Å². The molecule has 13 nitrogen and oxygen atoms in total. The van der Waals surface area contributed by atoms with Crippen LogP contribution >= 0.6 is 0 Å². The maximum atomic E-state index is 14.2. The fraction of sp³-hybridized carbons (Fsp3) is 0.513. The summed E-state index contributed by atoms with van der Waals surface area (Å²) in [4.78, 5) is 41.5. The first-order chi connectivity index (χ1) is 24.3. The Morgan fingerprint density at radius 2 is 1.62 bits per heavy atom. The lowest BCUT2D eigenvalue weighted by Gasteiger charge is -2.38. The summed E-state index contributed by atoms with van der Waals surface area (Å²) >= 11 is 0. The number of ketones is 1. The summed E-state index contributed by atoms with van der Waals surface area (Å²) in [5.74, 6) is -6.62. The quantitative estimate of drug-likeness (QED) is 0.209. The number of aliphatic hydroxyl groups excluding tert-OH is 2. The van der Waals surface area contributed by atoms with Gasteiger partial charge in [0.15, 0.2) is 5.75 Å². The molecule has 52 heavy (non-hydrogen) atoms. The van der Waals surface area contributed by atoms with E-state index < -0.39 is 77.3 Å². The Labute approximate surface area is 304 Å². The SMILES string of the molecule is COC1C=COC2(C)Oc3c(C)c(O)c4c(O)c(cc(N(C)C)c4c3C2=O)NC(=O)C(C)=CC=CC(C)C(O)C(C)C(O)C(C)C(OC(C)=O)C1C. The molecule has 1 amide bonds. The summed E-state index contributed by atoms with van der Waals surface area (Å²) in [7, 11) is 4.90. The van der Waals surface area contributed by atoms with Gasteiger partial charge in [-0.05, 0) is 26.0 Å². The first-order valence-corrected chi connectivity index (χ1v) is 17.3. The second kappa shape index (κ2) is 15.6. The van der Waals surface area contributed by atoms with Gasteiger partial charge in [-0.15, -0.1) is 0 Å². The molecule has 5 bridgehead atoms. The van der Waals surface area contributed by atoms with E-state index in [4.69, 9.17) is 18.9 Å². The van der Waals surface area contributed by atoms with Crippen molar-refractivity contribution in [2.45, 2.75) is 85.6 Å². The van der Waals surface area contributed by atoms with Gasteiger partial charge < -0.3 is 49.6 Å². The average molecular weight is 725 g/mol. The third kappa shape index (κ3) is 7.48. The van der Waals surface area contributed by atoms with Crippen LogP contribution in [-0.4, -0.2) is 89.5 Å². The van der Waals surface area contributed by atoms with Crippen molar-refractivity contribution in [3.8, 4) is 17.2 Å². The summed E-state index contributed by atoms with van der Waals surface area (Å²) < 4.78 is 23.6. The van der Waals surface area contributed by atoms with Crippen LogP contribution in [-0.2, 0) is 23.8 Å². The predicted octanol–water partition coefficient (Wildman–Crippen LogP) is 5.11. The number of allylic oxidation sites excluding steroid dienone is 2. The zero-order valence-electron chi connectivity index (χ0n) is 31.7. The number of hydrogen-bond acceptors (Lipinski definition) is 12. The maximum absolute atomic E-state index is 14.2. The number of hydrogen-bond donors (Lipinski definition) is 5. The second-order valence-electron chi connectivity index (χ2n) is 14.3. The number of esters is 1. The highest BCUT2D eigenvalue weighted by Gasteiger charge is 2.49. The van der Waals surface area contributed by atoms with Gasteiger partial charge in [0.2, 0.25) is 0 Å². The lowest BCUT2D eigenvalue weighted by Crippen LogP contribution is -2.46. The number of benzene rings is 2. The Kier molecular flexibility index (Phi) is 12.0. The molecule has 0 fully saturated rings. The molecule has 5 N–H and O–H groups in total. The maximum Gasteiger partial charge on any atom is 0.312 e. The lowest BCUT2D eigenvalue weighted by molar-refractivity contribution is -0.160. The summed E-state index contributed by atoms with van der Waals surface area (Å²) in [6.07, 6.45) is 3.97. The molecule has 2 aromatic rings. The molecule has 0 aromatic heterocycles. The number of Topliss-reactive ketones (excluding diaryl/α,β-unsaturated/α-hetero) is 1. The van der Waals surface area contributed by atoms with Crippen molar-refractivity contribution in [2.24, 2.45) is 23.7 Å². The molecule has 13 heteroatoms. The monoisotopic (exact) mass is 724 g/mol. The summed E-state index contributed by atoms with van der Waals surface area (Å²) in [5, 5.41) is 48.5. The molecule has 0 saturated carbocycles. The van der Waals surface area contributed by atoms with Crippen LogP contribution < -0.4 is 15.0 Å². The van der Waals surface area contributed by atoms with Crippen LogP contribution in [0.2, 0.25) is 0 Å². The van der Waals surface area contributed by atoms with E-state index in [9.17, 15) is 34.8 Å². The first kappa shape index (κ1) is 40.2. The normalized spacial score (nSPS) is 30.1. The molecule has 9 unspecified atom stereocenters. The molecule has 284 valence electrons. The third-order valence-electron chi connectivity index (χ3n) is 10.3. The highest BCUT2D eigenvalue weighted by molar-refractivity contribution is 6.23. The van der Waals surface area contributed by atoms with Gasteiger partial charge in [-0.1, -0.05) is 45.9 Å². The van der Waals surface area contributed by atoms with Crippen molar-refractivity contribution in [3.05, 3.63) is 53.3 Å². The van der Waals surface area contributed by atoms with E-state index in [0.29, 0.717) is 5.69 Å². The van der Waals surface area contributed by atoms with E-state index >= 15 is 0 Å². The minimum absolute atomic E-state index is 0.00264. The van der Waals surface area contributed by atoms with Gasteiger partial charge in [0.25, 0.3) is 11.7 Å². The van der Waals surface area contributed by atoms with Crippen LogP contribution in [0.3, 0.4) is 0 Å². The van der Waals surface area contributed by atoms with Crippen molar-refractivity contribution in [2.75, 3.05) is 31.4 Å². The van der Waals surface area contributed by atoms with Crippen molar-refractivity contribution in [1.29, 1.82) is 0 Å². The number of nitrogens with zero attached hydrogens (tertiary/aromatic N) is 1. The van der Waals surface area contributed by atoms with Crippen molar-refractivity contribution < 1.29 is 53.8 Å². The smallest absolute Gasteiger partial charge is 0.312 e. The number of phenolic OH excluding ortho intramolecular Hbond substituents is 2. The molecule has 3 aliphatic heterocycles. The number of phenols is 2. The van der Waals surface area contributed by atoms with Crippen LogP contribution in [0.15, 0.2) is 42.2 Å². The fourth-order valence-corrected chi connectivity index (χ4v) is 7.00. The van der Waals surface area contributed by atoms with Crippen LogP contribution in [0.25, 0.3) is 10.8 Å². The Bertz CT molecular complexity index is 1820. The second-order valence-corrected chi connectivity index (χ2v) is 14.3. The molecule has 2 aromatic carbocycles. The molecule has 0 aliphatic carbocycles. The van der Waals surface area contributed by atoms with Crippen molar-refractivity contribution in [1.82, 2.24) is 0 Å². The molecule has 0 saturated heterocycles. The van der Waals surface area contributed by atoms with Gasteiger partial charge in [-0.25, -0.2) is 0 Å². The van der Waals surface area contributed by atoms with E-state index in [1.54, 1.807) is 84.8 Å². The van der Waals surface area contributed by atoms with Gasteiger partial charge in [-0.2, -0.15) is 0 Å². The van der Waals surface area contributed by atoms with E-state index in [1.165, 1.54) is 33.3 Å². The number of carbonyl (C=O) groups is 3. The van der Waals surface area contributed by atoms with E-state index in [-0.39, 0.29) is 44.7 Å². The number of carbonyl (C=O) groups excluding carboxylic acids is 3. The Morgan fingerprint density at radius 1 is 0.962 bits per heavy atom. The van der Waals surface area contributed by atoms with Gasteiger partial charge in [0.05, 0.1) is 41.2 Å². The minimum Gasteiger partial charge on any atom is -0.507 e. The number of ether oxygens (including phenoxy) is 4. The van der Waals surface area contributed by atoms with E-state index in [1.807, 2.05) is 0 Å².